The van der Waals surface area contributed by atoms with E-state index in [9.17, 15) is 4.39 Å². The van der Waals surface area contributed by atoms with Gasteiger partial charge >= 0.3 is 0 Å². The Morgan fingerprint density at radius 3 is 2.43 bits per heavy atom. The molecule has 1 atom stereocenters. The first-order chi connectivity index (χ1) is 10.1. The molecule has 0 amide bonds. The second-order valence-corrected chi connectivity index (χ2v) is 6.27. The maximum Gasteiger partial charge on any atom is 0.130 e. The van der Waals surface area contributed by atoms with Crippen LogP contribution in [0.3, 0.4) is 0 Å². The van der Waals surface area contributed by atoms with Gasteiger partial charge in [0.1, 0.15) is 5.82 Å². The SMILES string of the molecule is Cc1cccc(C(Br)c2c(C)ccc3ccccc23)c1F. The zero-order valence-corrected chi connectivity index (χ0v) is 13.6. The van der Waals surface area contributed by atoms with Gasteiger partial charge in [-0.15, -0.1) is 0 Å². The number of aryl methyl sites for hydroxylation is 2. The molecule has 0 N–H and O–H groups in total. The van der Waals surface area contributed by atoms with E-state index in [4.69, 9.17) is 0 Å². The summed E-state index contributed by atoms with van der Waals surface area (Å²) in [7, 11) is 0. The van der Waals surface area contributed by atoms with Gasteiger partial charge < -0.3 is 0 Å². The molecule has 21 heavy (non-hydrogen) atoms. The normalized spacial score (nSPS) is 12.6. The van der Waals surface area contributed by atoms with Crippen molar-refractivity contribution < 1.29 is 4.39 Å². The molecule has 3 aromatic carbocycles. The van der Waals surface area contributed by atoms with Gasteiger partial charge in [-0.2, -0.15) is 0 Å². The second kappa shape index (κ2) is 5.61. The quantitative estimate of drug-likeness (QED) is 0.495. The molecule has 0 saturated carbocycles. The summed E-state index contributed by atoms with van der Waals surface area (Å²) in [6.45, 7) is 3.87. The number of benzene rings is 3. The molecule has 0 heterocycles. The second-order valence-electron chi connectivity index (χ2n) is 5.36. The maximum absolute atomic E-state index is 14.4. The van der Waals surface area contributed by atoms with Gasteiger partial charge in [0.05, 0.1) is 4.83 Å². The van der Waals surface area contributed by atoms with Gasteiger partial charge in [0.25, 0.3) is 0 Å². The molecular weight excluding hydrogens is 327 g/mol. The van der Waals surface area contributed by atoms with Crippen LogP contribution < -0.4 is 0 Å². The van der Waals surface area contributed by atoms with Crippen LogP contribution in [0.25, 0.3) is 10.8 Å². The fraction of sp³-hybridized carbons (Fsp3) is 0.158. The van der Waals surface area contributed by atoms with Gasteiger partial charge in [0.2, 0.25) is 0 Å². The highest BCUT2D eigenvalue weighted by Crippen LogP contribution is 2.38. The van der Waals surface area contributed by atoms with Gasteiger partial charge in [-0.05, 0) is 41.3 Å². The Bertz CT molecular complexity index is 808. The average Bonchev–Trinajstić information content (AvgIpc) is 2.49. The minimum Gasteiger partial charge on any atom is -0.206 e. The number of hydrogen-bond acceptors (Lipinski definition) is 0. The van der Waals surface area contributed by atoms with E-state index in [0.717, 1.165) is 11.1 Å². The van der Waals surface area contributed by atoms with Crippen molar-refractivity contribution in [3.05, 3.63) is 82.7 Å². The molecule has 106 valence electrons. The highest BCUT2D eigenvalue weighted by Gasteiger charge is 2.19. The van der Waals surface area contributed by atoms with Crippen LogP contribution in [-0.2, 0) is 0 Å². The van der Waals surface area contributed by atoms with E-state index in [-0.39, 0.29) is 10.6 Å². The summed E-state index contributed by atoms with van der Waals surface area (Å²) in [5.41, 5.74) is 3.67. The molecule has 0 fully saturated rings. The van der Waals surface area contributed by atoms with Gasteiger partial charge in [-0.1, -0.05) is 70.5 Å². The summed E-state index contributed by atoms with van der Waals surface area (Å²) in [6, 6.07) is 18.0. The predicted molar refractivity (Wildman–Crippen MR) is 90.6 cm³/mol. The lowest BCUT2D eigenvalue weighted by Crippen LogP contribution is -2.01. The smallest absolute Gasteiger partial charge is 0.130 e. The molecule has 0 bridgehead atoms. The number of halogens is 2. The van der Waals surface area contributed by atoms with Crippen LogP contribution in [0.2, 0.25) is 0 Å². The molecule has 2 heteroatoms. The third-order valence-electron chi connectivity index (χ3n) is 3.94. The first kappa shape index (κ1) is 14.3. The van der Waals surface area contributed by atoms with E-state index in [2.05, 4.69) is 47.1 Å². The molecule has 0 saturated heterocycles. The molecule has 3 aromatic rings. The minimum absolute atomic E-state index is 0.133. The zero-order chi connectivity index (χ0) is 15.0. The van der Waals surface area contributed by atoms with Crippen molar-refractivity contribution in [1.29, 1.82) is 0 Å². The Morgan fingerprint density at radius 1 is 0.857 bits per heavy atom. The lowest BCUT2D eigenvalue weighted by atomic mass is 9.93. The summed E-state index contributed by atoms with van der Waals surface area (Å²) in [4.78, 5) is -0.150. The van der Waals surface area contributed by atoms with Gasteiger partial charge in [0.15, 0.2) is 0 Å². The van der Waals surface area contributed by atoms with E-state index in [1.165, 1.54) is 10.8 Å². The first-order valence-electron chi connectivity index (χ1n) is 6.97. The van der Waals surface area contributed by atoms with Crippen LogP contribution in [0, 0.1) is 19.7 Å². The largest absolute Gasteiger partial charge is 0.206 e. The molecule has 0 spiro atoms. The van der Waals surface area contributed by atoms with Crippen molar-refractivity contribution >= 4 is 26.7 Å². The molecule has 0 nitrogen and oxygen atoms in total. The molecule has 3 rings (SSSR count). The molecule has 0 radical (unpaired) electrons. The summed E-state index contributed by atoms with van der Waals surface area (Å²) in [5.74, 6) is -0.133. The van der Waals surface area contributed by atoms with Crippen LogP contribution in [0.5, 0.6) is 0 Å². The Balaban J connectivity index is 2.24. The van der Waals surface area contributed by atoms with Crippen LogP contribution >= 0.6 is 15.9 Å². The number of hydrogen-bond donors (Lipinski definition) is 0. The Morgan fingerprint density at radius 2 is 1.62 bits per heavy atom. The summed E-state index contributed by atoms with van der Waals surface area (Å²) >= 11 is 3.71. The van der Waals surface area contributed by atoms with Crippen LogP contribution in [0.4, 0.5) is 4.39 Å². The fourth-order valence-corrected chi connectivity index (χ4v) is 3.72. The summed E-state index contributed by atoms with van der Waals surface area (Å²) in [5, 5.41) is 2.34. The molecule has 0 aliphatic carbocycles. The van der Waals surface area contributed by atoms with Crippen molar-refractivity contribution in [2.75, 3.05) is 0 Å². The van der Waals surface area contributed by atoms with E-state index >= 15 is 0 Å². The molecule has 0 aromatic heterocycles. The maximum atomic E-state index is 14.4. The van der Waals surface area contributed by atoms with Gasteiger partial charge in [0, 0.05) is 5.56 Å². The van der Waals surface area contributed by atoms with Crippen molar-refractivity contribution in [3.8, 4) is 0 Å². The average molecular weight is 343 g/mol. The predicted octanol–water partition coefficient (Wildman–Crippen LogP) is 6.08. The monoisotopic (exact) mass is 342 g/mol. The van der Waals surface area contributed by atoms with Gasteiger partial charge in [-0.25, -0.2) is 4.39 Å². The first-order valence-corrected chi connectivity index (χ1v) is 7.88. The summed E-state index contributed by atoms with van der Waals surface area (Å²) < 4.78 is 14.4. The molecule has 0 aliphatic heterocycles. The van der Waals surface area contributed by atoms with Gasteiger partial charge in [-0.3, -0.25) is 0 Å². The lowest BCUT2D eigenvalue weighted by Gasteiger charge is -2.18. The van der Waals surface area contributed by atoms with Crippen molar-refractivity contribution in [1.82, 2.24) is 0 Å². The third-order valence-corrected chi connectivity index (χ3v) is 4.89. The third kappa shape index (κ3) is 2.49. The fourth-order valence-electron chi connectivity index (χ4n) is 2.76. The lowest BCUT2D eigenvalue weighted by molar-refractivity contribution is 0.604. The number of alkyl halides is 1. The molecule has 0 aliphatic rings. The van der Waals surface area contributed by atoms with E-state index in [1.54, 1.807) is 13.0 Å². The Kier molecular flexibility index (Phi) is 3.81. The van der Waals surface area contributed by atoms with Crippen LogP contribution in [0.1, 0.15) is 27.1 Å². The van der Waals surface area contributed by atoms with Crippen molar-refractivity contribution in [2.45, 2.75) is 18.7 Å². The van der Waals surface area contributed by atoms with Crippen molar-refractivity contribution in [2.24, 2.45) is 0 Å². The highest BCUT2D eigenvalue weighted by molar-refractivity contribution is 9.09. The highest BCUT2D eigenvalue weighted by atomic mass is 79.9. The van der Waals surface area contributed by atoms with Crippen LogP contribution in [-0.4, -0.2) is 0 Å². The van der Waals surface area contributed by atoms with E-state index in [0.29, 0.717) is 11.1 Å². The summed E-state index contributed by atoms with van der Waals surface area (Å²) in [6.07, 6.45) is 0. The molecular formula is C19H16BrF. The number of fused-ring (bicyclic) bond motifs is 1. The van der Waals surface area contributed by atoms with E-state index in [1.807, 2.05) is 24.3 Å². The van der Waals surface area contributed by atoms with E-state index < -0.39 is 0 Å². The molecule has 1 unspecified atom stereocenters. The van der Waals surface area contributed by atoms with Crippen LogP contribution in [0.15, 0.2) is 54.6 Å². The standard InChI is InChI=1S/C19H16BrF/c1-12-10-11-14-7-3-4-8-15(14)17(12)18(20)16-9-5-6-13(2)19(16)21/h3-11,18H,1-2H3. The van der Waals surface area contributed by atoms with Crippen molar-refractivity contribution in [3.63, 3.8) is 0 Å². The Labute approximate surface area is 132 Å². The Hall–Kier alpha value is -1.67. The topological polar surface area (TPSA) is 0 Å². The minimum atomic E-state index is -0.150. The zero-order valence-electron chi connectivity index (χ0n) is 12.0. The number of rotatable bonds is 2.